The minimum atomic E-state index is -4.30. The molecular formula is C17H19F3NO2+. The summed E-state index contributed by atoms with van der Waals surface area (Å²) in [6.45, 7) is 1.22. The molecule has 2 aromatic rings. The van der Waals surface area contributed by atoms with Gasteiger partial charge >= 0.3 is 6.18 Å². The van der Waals surface area contributed by atoms with Crippen LogP contribution in [0.2, 0.25) is 0 Å². The number of hydrogen-bond acceptors (Lipinski definition) is 2. The van der Waals surface area contributed by atoms with Crippen LogP contribution >= 0.6 is 0 Å². The first-order valence-corrected chi connectivity index (χ1v) is 7.13. The van der Waals surface area contributed by atoms with Gasteiger partial charge in [0.15, 0.2) is 11.5 Å². The van der Waals surface area contributed by atoms with E-state index in [1.165, 1.54) is 12.1 Å². The summed E-state index contributed by atoms with van der Waals surface area (Å²) in [6.07, 6.45) is -4.30. The van der Waals surface area contributed by atoms with Gasteiger partial charge < -0.3 is 14.8 Å². The SMILES string of the molecule is COc1cccc(C[NH2+]Cc2ccc(C(F)(F)F)cc2)c1OC. The van der Waals surface area contributed by atoms with Crippen molar-refractivity contribution in [2.24, 2.45) is 0 Å². The molecule has 0 unspecified atom stereocenters. The highest BCUT2D eigenvalue weighted by Crippen LogP contribution is 2.30. The molecule has 0 aliphatic heterocycles. The second-order valence-corrected chi connectivity index (χ2v) is 5.04. The fourth-order valence-electron chi connectivity index (χ4n) is 2.34. The van der Waals surface area contributed by atoms with Crippen molar-refractivity contribution >= 4 is 0 Å². The molecular weight excluding hydrogens is 307 g/mol. The van der Waals surface area contributed by atoms with Gasteiger partial charge in [-0.1, -0.05) is 18.2 Å². The molecule has 0 amide bonds. The molecule has 0 aromatic heterocycles. The normalized spacial score (nSPS) is 11.3. The van der Waals surface area contributed by atoms with Crippen LogP contribution in [0.5, 0.6) is 11.5 Å². The van der Waals surface area contributed by atoms with Crippen LogP contribution in [-0.4, -0.2) is 14.2 Å². The van der Waals surface area contributed by atoms with Crippen LogP contribution in [0.15, 0.2) is 42.5 Å². The minimum absolute atomic E-state index is 0.582. The van der Waals surface area contributed by atoms with E-state index in [0.717, 1.165) is 23.3 Å². The Balaban J connectivity index is 1.98. The molecule has 0 atom stereocenters. The lowest BCUT2D eigenvalue weighted by atomic mass is 10.1. The molecule has 0 saturated heterocycles. The predicted molar refractivity (Wildman–Crippen MR) is 80.3 cm³/mol. The molecule has 0 spiro atoms. The Morgan fingerprint density at radius 2 is 1.61 bits per heavy atom. The van der Waals surface area contributed by atoms with Crippen LogP contribution in [0, 0.1) is 0 Å². The number of alkyl halides is 3. The number of nitrogens with two attached hydrogens (primary N) is 1. The average Bonchev–Trinajstić information content (AvgIpc) is 2.54. The van der Waals surface area contributed by atoms with Gasteiger partial charge in [0, 0.05) is 5.56 Å². The summed E-state index contributed by atoms with van der Waals surface area (Å²) in [5, 5.41) is 2.00. The number of ether oxygens (including phenoxy) is 2. The molecule has 0 aliphatic rings. The molecule has 0 fully saturated rings. The van der Waals surface area contributed by atoms with Crippen LogP contribution < -0.4 is 14.8 Å². The van der Waals surface area contributed by atoms with Gasteiger partial charge in [-0.25, -0.2) is 0 Å². The van der Waals surface area contributed by atoms with Crippen LogP contribution in [0.3, 0.4) is 0 Å². The molecule has 0 heterocycles. The lowest BCUT2D eigenvalue weighted by molar-refractivity contribution is -0.686. The molecule has 2 N–H and O–H groups in total. The quantitative estimate of drug-likeness (QED) is 0.886. The van der Waals surface area contributed by atoms with E-state index in [1.807, 2.05) is 23.5 Å². The van der Waals surface area contributed by atoms with E-state index >= 15 is 0 Å². The molecule has 2 aromatic carbocycles. The zero-order valence-corrected chi connectivity index (χ0v) is 13.0. The van der Waals surface area contributed by atoms with Crippen LogP contribution in [0.4, 0.5) is 13.2 Å². The predicted octanol–water partition coefficient (Wildman–Crippen LogP) is 2.99. The summed E-state index contributed by atoms with van der Waals surface area (Å²) in [5.41, 5.74) is 1.18. The van der Waals surface area contributed by atoms with Gasteiger partial charge in [0.2, 0.25) is 0 Å². The fraction of sp³-hybridized carbons (Fsp3) is 0.294. The van der Waals surface area contributed by atoms with Crippen molar-refractivity contribution in [3.8, 4) is 11.5 Å². The first kappa shape index (κ1) is 17.1. The lowest BCUT2D eigenvalue weighted by Gasteiger charge is -2.12. The fourth-order valence-corrected chi connectivity index (χ4v) is 2.34. The van der Waals surface area contributed by atoms with Gasteiger partial charge in [0.25, 0.3) is 0 Å². The Morgan fingerprint density at radius 3 is 2.17 bits per heavy atom. The van der Waals surface area contributed by atoms with Crippen molar-refractivity contribution in [1.82, 2.24) is 0 Å². The van der Waals surface area contributed by atoms with Crippen molar-refractivity contribution in [3.63, 3.8) is 0 Å². The number of benzene rings is 2. The van der Waals surface area contributed by atoms with E-state index < -0.39 is 11.7 Å². The Bertz CT molecular complexity index is 639. The van der Waals surface area contributed by atoms with E-state index in [1.54, 1.807) is 14.2 Å². The molecule has 3 nitrogen and oxygen atoms in total. The third-order valence-corrected chi connectivity index (χ3v) is 3.51. The van der Waals surface area contributed by atoms with Crippen molar-refractivity contribution in [2.45, 2.75) is 19.3 Å². The highest BCUT2D eigenvalue weighted by atomic mass is 19.4. The van der Waals surface area contributed by atoms with Gasteiger partial charge in [-0.2, -0.15) is 13.2 Å². The van der Waals surface area contributed by atoms with Crippen molar-refractivity contribution < 1.29 is 28.0 Å². The van der Waals surface area contributed by atoms with Gasteiger partial charge in [0.1, 0.15) is 13.1 Å². The van der Waals surface area contributed by atoms with Gasteiger partial charge in [-0.15, -0.1) is 0 Å². The van der Waals surface area contributed by atoms with Gasteiger partial charge in [-0.05, 0) is 24.3 Å². The number of para-hydroxylation sites is 1. The summed E-state index contributed by atoms with van der Waals surface area (Å²) in [6, 6.07) is 10.8. The standard InChI is InChI=1S/C17H18F3NO2/c1-22-15-5-3-4-13(16(15)23-2)11-21-10-12-6-8-14(9-7-12)17(18,19)20/h3-9,21H,10-11H2,1-2H3/p+1. The monoisotopic (exact) mass is 326 g/mol. The third kappa shape index (κ3) is 4.39. The zero-order valence-electron chi connectivity index (χ0n) is 13.0. The molecule has 0 aliphatic carbocycles. The van der Waals surface area contributed by atoms with Crippen molar-refractivity contribution in [1.29, 1.82) is 0 Å². The Labute approximate surface area is 133 Å². The topological polar surface area (TPSA) is 35.1 Å². The maximum absolute atomic E-state index is 12.5. The van der Waals surface area contributed by atoms with E-state index in [4.69, 9.17) is 9.47 Å². The largest absolute Gasteiger partial charge is 0.493 e. The number of halogens is 3. The van der Waals surface area contributed by atoms with Crippen molar-refractivity contribution in [2.75, 3.05) is 14.2 Å². The Morgan fingerprint density at radius 1 is 0.913 bits per heavy atom. The molecule has 0 radical (unpaired) electrons. The van der Waals surface area contributed by atoms with Crippen LogP contribution in [0.25, 0.3) is 0 Å². The second kappa shape index (κ2) is 7.37. The third-order valence-electron chi connectivity index (χ3n) is 3.51. The van der Waals surface area contributed by atoms with E-state index in [9.17, 15) is 13.2 Å². The highest BCUT2D eigenvalue weighted by molar-refractivity contribution is 5.46. The molecule has 124 valence electrons. The minimum Gasteiger partial charge on any atom is -0.493 e. The number of hydrogen-bond donors (Lipinski definition) is 1. The maximum atomic E-state index is 12.5. The number of rotatable bonds is 6. The summed E-state index contributed by atoms with van der Waals surface area (Å²) >= 11 is 0. The average molecular weight is 326 g/mol. The summed E-state index contributed by atoms with van der Waals surface area (Å²) in [4.78, 5) is 0. The maximum Gasteiger partial charge on any atom is 0.416 e. The van der Waals surface area contributed by atoms with Crippen LogP contribution in [0.1, 0.15) is 16.7 Å². The highest BCUT2D eigenvalue weighted by Gasteiger charge is 2.29. The summed E-state index contributed by atoms with van der Waals surface area (Å²) < 4.78 is 48.1. The lowest BCUT2D eigenvalue weighted by Crippen LogP contribution is -2.80. The Hall–Kier alpha value is -2.21. The Kier molecular flexibility index (Phi) is 5.50. The van der Waals surface area contributed by atoms with Crippen molar-refractivity contribution in [3.05, 3.63) is 59.2 Å². The van der Waals surface area contributed by atoms with E-state index in [-0.39, 0.29) is 0 Å². The van der Waals surface area contributed by atoms with E-state index in [2.05, 4.69) is 0 Å². The van der Waals surface area contributed by atoms with Gasteiger partial charge in [0.05, 0.1) is 25.3 Å². The first-order valence-electron chi connectivity index (χ1n) is 7.13. The number of methoxy groups -OCH3 is 2. The summed E-state index contributed by atoms with van der Waals surface area (Å²) in [5.74, 6) is 1.34. The summed E-state index contributed by atoms with van der Waals surface area (Å²) in [7, 11) is 3.16. The molecule has 23 heavy (non-hydrogen) atoms. The first-order chi connectivity index (χ1) is 11.0. The number of quaternary nitrogens is 1. The molecule has 0 saturated carbocycles. The van der Waals surface area contributed by atoms with E-state index in [0.29, 0.717) is 24.6 Å². The zero-order chi connectivity index (χ0) is 16.9. The molecule has 2 rings (SSSR count). The molecule has 6 heteroatoms. The molecule has 0 bridgehead atoms. The van der Waals surface area contributed by atoms with Crippen LogP contribution in [-0.2, 0) is 19.3 Å². The second-order valence-electron chi connectivity index (χ2n) is 5.04. The smallest absolute Gasteiger partial charge is 0.416 e. The van der Waals surface area contributed by atoms with Gasteiger partial charge in [-0.3, -0.25) is 0 Å².